The summed E-state index contributed by atoms with van der Waals surface area (Å²) in [5, 5.41) is 3.04. The molecule has 20 heavy (non-hydrogen) atoms. The normalized spacial score (nSPS) is 19.8. The zero-order valence-electron chi connectivity index (χ0n) is 12.0. The third-order valence-electron chi connectivity index (χ3n) is 3.44. The molecule has 1 heterocycles. The van der Waals surface area contributed by atoms with Gasteiger partial charge in [0.05, 0.1) is 6.54 Å². The number of amides is 1. The second-order valence-corrected chi connectivity index (χ2v) is 6.35. The molecule has 1 unspecified atom stereocenters. The molecule has 1 atom stereocenters. The Labute approximate surface area is 118 Å². The van der Waals surface area contributed by atoms with E-state index in [2.05, 4.69) is 26.1 Å². The first kappa shape index (κ1) is 14.9. The SMILES string of the molecule is CC(C)(C)CCN1C(=O)CNC1c1ccc(F)c(F)c1. The van der Waals surface area contributed by atoms with Crippen molar-refractivity contribution >= 4 is 5.91 Å². The molecule has 1 aliphatic heterocycles. The zero-order valence-corrected chi connectivity index (χ0v) is 12.0. The van der Waals surface area contributed by atoms with E-state index in [1.807, 2.05) is 0 Å². The molecule has 1 aromatic carbocycles. The van der Waals surface area contributed by atoms with Gasteiger partial charge in [0.2, 0.25) is 5.91 Å². The second kappa shape index (κ2) is 5.48. The van der Waals surface area contributed by atoms with Crippen LogP contribution in [0.3, 0.4) is 0 Å². The van der Waals surface area contributed by atoms with Crippen LogP contribution < -0.4 is 5.32 Å². The number of benzene rings is 1. The van der Waals surface area contributed by atoms with Crippen molar-refractivity contribution < 1.29 is 13.6 Å². The van der Waals surface area contributed by atoms with E-state index in [9.17, 15) is 13.6 Å². The van der Waals surface area contributed by atoms with Crippen LogP contribution >= 0.6 is 0 Å². The monoisotopic (exact) mass is 282 g/mol. The molecular formula is C15H20F2N2O. The minimum absolute atomic E-state index is 0.0102. The highest BCUT2D eigenvalue weighted by atomic mass is 19.2. The molecule has 0 bridgehead atoms. The molecule has 110 valence electrons. The summed E-state index contributed by atoms with van der Waals surface area (Å²) in [6.45, 7) is 7.14. The Bertz CT molecular complexity index is 511. The molecular weight excluding hydrogens is 262 g/mol. The molecule has 2 rings (SSSR count). The molecule has 1 aliphatic rings. The number of nitrogens with one attached hydrogen (secondary N) is 1. The Morgan fingerprint density at radius 2 is 2.00 bits per heavy atom. The highest BCUT2D eigenvalue weighted by Crippen LogP contribution is 2.27. The van der Waals surface area contributed by atoms with E-state index in [1.165, 1.54) is 6.07 Å². The molecule has 0 radical (unpaired) electrons. The summed E-state index contributed by atoms with van der Waals surface area (Å²) in [5.74, 6) is -1.78. The maximum atomic E-state index is 13.3. The molecule has 1 saturated heterocycles. The summed E-state index contributed by atoms with van der Waals surface area (Å²) in [7, 11) is 0. The Hall–Kier alpha value is -1.49. The van der Waals surface area contributed by atoms with Crippen LogP contribution in [0, 0.1) is 17.0 Å². The molecule has 1 N–H and O–H groups in total. The van der Waals surface area contributed by atoms with Crippen LogP contribution in [0.5, 0.6) is 0 Å². The van der Waals surface area contributed by atoms with E-state index >= 15 is 0 Å². The van der Waals surface area contributed by atoms with Crippen molar-refractivity contribution in [1.82, 2.24) is 10.2 Å². The zero-order chi connectivity index (χ0) is 14.9. The van der Waals surface area contributed by atoms with Crippen LogP contribution in [0.1, 0.15) is 38.9 Å². The van der Waals surface area contributed by atoms with E-state index in [-0.39, 0.29) is 24.0 Å². The molecule has 5 heteroatoms. The van der Waals surface area contributed by atoms with E-state index in [0.717, 1.165) is 18.6 Å². The van der Waals surface area contributed by atoms with Crippen molar-refractivity contribution in [3.05, 3.63) is 35.4 Å². The minimum atomic E-state index is -0.889. The first-order valence-corrected chi connectivity index (χ1v) is 6.76. The number of nitrogens with zero attached hydrogens (tertiary/aromatic N) is 1. The average Bonchev–Trinajstić information content (AvgIpc) is 2.71. The van der Waals surface area contributed by atoms with Crippen LogP contribution in [0.4, 0.5) is 8.78 Å². The maximum Gasteiger partial charge on any atom is 0.238 e. The van der Waals surface area contributed by atoms with Gasteiger partial charge in [0.15, 0.2) is 11.6 Å². The summed E-state index contributed by atoms with van der Waals surface area (Å²) in [6, 6.07) is 3.76. The van der Waals surface area contributed by atoms with Gasteiger partial charge in [-0.3, -0.25) is 10.1 Å². The van der Waals surface area contributed by atoms with Crippen LogP contribution in [-0.2, 0) is 4.79 Å². The Kier molecular flexibility index (Phi) is 4.09. The summed E-state index contributed by atoms with van der Waals surface area (Å²) < 4.78 is 26.3. The van der Waals surface area contributed by atoms with Gasteiger partial charge in [0, 0.05) is 6.54 Å². The summed E-state index contributed by atoms with van der Waals surface area (Å²) in [6.07, 6.45) is 0.473. The molecule has 0 aliphatic carbocycles. The third kappa shape index (κ3) is 3.33. The molecule has 3 nitrogen and oxygen atoms in total. The Balaban J connectivity index is 2.16. The number of halogens is 2. The topological polar surface area (TPSA) is 32.3 Å². The van der Waals surface area contributed by atoms with Gasteiger partial charge >= 0.3 is 0 Å². The van der Waals surface area contributed by atoms with E-state index in [0.29, 0.717) is 12.1 Å². The molecule has 0 spiro atoms. The predicted molar refractivity (Wildman–Crippen MR) is 72.9 cm³/mol. The number of rotatable bonds is 3. The maximum absolute atomic E-state index is 13.3. The molecule has 1 amide bonds. The molecule has 0 saturated carbocycles. The van der Waals surface area contributed by atoms with Crippen LogP contribution in [0.2, 0.25) is 0 Å². The number of hydrogen-bond donors (Lipinski definition) is 1. The number of hydrogen-bond acceptors (Lipinski definition) is 2. The average molecular weight is 282 g/mol. The lowest BCUT2D eigenvalue weighted by atomic mass is 9.92. The lowest BCUT2D eigenvalue weighted by Gasteiger charge is -2.28. The largest absolute Gasteiger partial charge is 0.322 e. The van der Waals surface area contributed by atoms with Crippen molar-refractivity contribution in [2.45, 2.75) is 33.4 Å². The highest BCUT2D eigenvalue weighted by Gasteiger charge is 2.32. The number of carbonyl (C=O) groups excluding carboxylic acids is 1. The first-order valence-electron chi connectivity index (χ1n) is 6.76. The Morgan fingerprint density at radius 1 is 1.30 bits per heavy atom. The number of carbonyl (C=O) groups is 1. The molecule has 1 fully saturated rings. The second-order valence-electron chi connectivity index (χ2n) is 6.35. The fourth-order valence-corrected chi connectivity index (χ4v) is 2.23. The predicted octanol–water partition coefficient (Wildman–Crippen LogP) is 2.83. The van der Waals surface area contributed by atoms with Gasteiger partial charge in [-0.15, -0.1) is 0 Å². The lowest BCUT2D eigenvalue weighted by Crippen LogP contribution is -2.33. The lowest BCUT2D eigenvalue weighted by molar-refractivity contribution is -0.128. The van der Waals surface area contributed by atoms with Gasteiger partial charge in [0.25, 0.3) is 0 Å². The van der Waals surface area contributed by atoms with Crippen molar-refractivity contribution in [1.29, 1.82) is 0 Å². The quantitative estimate of drug-likeness (QED) is 0.924. The fraction of sp³-hybridized carbons (Fsp3) is 0.533. The Morgan fingerprint density at radius 3 is 2.60 bits per heavy atom. The van der Waals surface area contributed by atoms with Crippen LogP contribution in [-0.4, -0.2) is 23.9 Å². The van der Waals surface area contributed by atoms with E-state index < -0.39 is 11.6 Å². The van der Waals surface area contributed by atoms with Gasteiger partial charge < -0.3 is 4.90 Å². The van der Waals surface area contributed by atoms with Crippen molar-refractivity contribution in [2.24, 2.45) is 5.41 Å². The smallest absolute Gasteiger partial charge is 0.238 e. The fourth-order valence-electron chi connectivity index (χ4n) is 2.23. The van der Waals surface area contributed by atoms with E-state index in [4.69, 9.17) is 0 Å². The standard InChI is InChI=1S/C15H20F2N2O/c1-15(2,3)6-7-19-13(20)9-18-14(19)10-4-5-11(16)12(17)8-10/h4-5,8,14,18H,6-7,9H2,1-3H3. The summed E-state index contributed by atoms with van der Waals surface area (Å²) in [5.41, 5.74) is 0.685. The van der Waals surface area contributed by atoms with Crippen molar-refractivity contribution in [3.63, 3.8) is 0 Å². The highest BCUT2D eigenvalue weighted by molar-refractivity contribution is 5.80. The van der Waals surface area contributed by atoms with Gasteiger partial charge in [-0.1, -0.05) is 26.8 Å². The van der Waals surface area contributed by atoms with Gasteiger partial charge in [0.1, 0.15) is 6.17 Å². The minimum Gasteiger partial charge on any atom is -0.322 e. The molecule has 1 aromatic rings. The third-order valence-corrected chi connectivity index (χ3v) is 3.44. The van der Waals surface area contributed by atoms with Crippen LogP contribution in [0.15, 0.2) is 18.2 Å². The van der Waals surface area contributed by atoms with Crippen LogP contribution in [0.25, 0.3) is 0 Å². The molecule has 0 aromatic heterocycles. The van der Waals surface area contributed by atoms with Gasteiger partial charge in [-0.25, -0.2) is 8.78 Å². The van der Waals surface area contributed by atoms with E-state index in [1.54, 1.807) is 4.90 Å². The van der Waals surface area contributed by atoms with Crippen molar-refractivity contribution in [2.75, 3.05) is 13.1 Å². The first-order chi connectivity index (χ1) is 9.28. The van der Waals surface area contributed by atoms with Crippen molar-refractivity contribution in [3.8, 4) is 0 Å². The summed E-state index contributed by atoms with van der Waals surface area (Å²) in [4.78, 5) is 13.6. The summed E-state index contributed by atoms with van der Waals surface area (Å²) >= 11 is 0. The van der Waals surface area contributed by atoms with Gasteiger partial charge in [-0.2, -0.15) is 0 Å². The van der Waals surface area contributed by atoms with Gasteiger partial charge in [-0.05, 0) is 29.5 Å².